The van der Waals surface area contributed by atoms with Gasteiger partial charge in [-0.25, -0.2) is 0 Å². The van der Waals surface area contributed by atoms with Gasteiger partial charge in [0.15, 0.2) is 0 Å². The SMILES string of the molecule is CC(=O)OC1CCC2(C)C(CCC3(C)C2CCC2C4(C)CCC(C(C)C)=C4CC23C)C1(C)C. The zero-order valence-electron chi connectivity index (χ0n) is 23.1. The molecule has 0 aromatic rings. The van der Waals surface area contributed by atoms with E-state index in [2.05, 4.69) is 55.4 Å². The lowest BCUT2D eigenvalue weighted by atomic mass is 9.35. The number of ether oxygens (including phenoxy) is 1. The minimum atomic E-state index is -0.106. The maximum absolute atomic E-state index is 11.9. The minimum Gasteiger partial charge on any atom is -0.462 e. The van der Waals surface area contributed by atoms with Crippen LogP contribution in [0.2, 0.25) is 0 Å². The predicted octanol–water partition coefficient (Wildman–Crippen LogP) is 8.35. The first-order valence-electron chi connectivity index (χ1n) is 14.1. The minimum absolute atomic E-state index is 0.0588. The Morgan fingerprint density at radius 3 is 2.15 bits per heavy atom. The molecule has 0 saturated heterocycles. The molecule has 2 nitrogen and oxygen atoms in total. The topological polar surface area (TPSA) is 26.3 Å². The zero-order chi connectivity index (χ0) is 24.2. The van der Waals surface area contributed by atoms with E-state index in [0.29, 0.717) is 33.5 Å². The molecule has 0 bridgehead atoms. The Labute approximate surface area is 203 Å². The molecule has 186 valence electrons. The highest BCUT2D eigenvalue weighted by Gasteiger charge is 2.71. The quantitative estimate of drug-likeness (QED) is 0.309. The molecule has 4 fully saturated rings. The average molecular weight is 455 g/mol. The largest absolute Gasteiger partial charge is 0.462 e. The zero-order valence-corrected chi connectivity index (χ0v) is 23.1. The van der Waals surface area contributed by atoms with E-state index in [1.807, 2.05) is 11.1 Å². The van der Waals surface area contributed by atoms with Gasteiger partial charge in [-0.15, -0.1) is 0 Å². The highest BCUT2D eigenvalue weighted by molar-refractivity contribution is 5.66. The maximum atomic E-state index is 11.9. The molecule has 8 unspecified atom stereocenters. The Morgan fingerprint density at radius 2 is 1.52 bits per heavy atom. The molecule has 0 N–H and O–H groups in total. The second-order valence-corrected chi connectivity index (χ2v) is 14.8. The van der Waals surface area contributed by atoms with Gasteiger partial charge in [-0.3, -0.25) is 4.79 Å². The maximum Gasteiger partial charge on any atom is 0.302 e. The normalized spacial score (nSPS) is 50.5. The van der Waals surface area contributed by atoms with Crippen LogP contribution in [0.25, 0.3) is 0 Å². The molecule has 5 aliphatic rings. The second kappa shape index (κ2) is 7.13. The van der Waals surface area contributed by atoms with Crippen LogP contribution >= 0.6 is 0 Å². The Balaban J connectivity index is 1.53. The lowest BCUT2D eigenvalue weighted by Crippen LogP contribution is -2.64. The van der Waals surface area contributed by atoms with Crippen LogP contribution in [-0.4, -0.2) is 12.1 Å². The van der Waals surface area contributed by atoms with Crippen molar-refractivity contribution in [1.82, 2.24) is 0 Å². The third kappa shape index (κ3) is 2.88. The van der Waals surface area contributed by atoms with Crippen LogP contribution in [-0.2, 0) is 9.53 Å². The molecule has 0 aromatic heterocycles. The van der Waals surface area contributed by atoms with Gasteiger partial charge < -0.3 is 4.74 Å². The smallest absolute Gasteiger partial charge is 0.302 e. The van der Waals surface area contributed by atoms with Crippen LogP contribution in [0.1, 0.15) is 120 Å². The van der Waals surface area contributed by atoms with Gasteiger partial charge in [0.1, 0.15) is 6.10 Å². The van der Waals surface area contributed by atoms with Crippen molar-refractivity contribution in [3.63, 3.8) is 0 Å². The van der Waals surface area contributed by atoms with Crippen molar-refractivity contribution in [1.29, 1.82) is 0 Å². The summed E-state index contributed by atoms with van der Waals surface area (Å²) in [6.07, 6.45) is 11.9. The number of hydrogen-bond acceptors (Lipinski definition) is 2. The second-order valence-electron chi connectivity index (χ2n) is 14.8. The molecule has 0 radical (unpaired) electrons. The first kappa shape index (κ1) is 23.9. The molecule has 0 amide bonds. The summed E-state index contributed by atoms with van der Waals surface area (Å²) in [5.74, 6) is 2.88. The van der Waals surface area contributed by atoms with Crippen LogP contribution in [0.3, 0.4) is 0 Å². The monoisotopic (exact) mass is 454 g/mol. The van der Waals surface area contributed by atoms with Gasteiger partial charge in [0.2, 0.25) is 0 Å². The van der Waals surface area contributed by atoms with Crippen LogP contribution in [0, 0.1) is 50.7 Å². The Morgan fingerprint density at radius 1 is 0.848 bits per heavy atom. The van der Waals surface area contributed by atoms with E-state index in [9.17, 15) is 4.79 Å². The van der Waals surface area contributed by atoms with Gasteiger partial charge in [0.25, 0.3) is 0 Å². The summed E-state index contributed by atoms with van der Waals surface area (Å²) in [5, 5.41) is 0. The van der Waals surface area contributed by atoms with Gasteiger partial charge >= 0.3 is 5.97 Å². The van der Waals surface area contributed by atoms with Crippen LogP contribution in [0.15, 0.2) is 11.1 Å². The lowest BCUT2D eigenvalue weighted by Gasteiger charge is -2.70. The molecule has 5 rings (SSSR count). The molecule has 2 heteroatoms. The van der Waals surface area contributed by atoms with Crippen molar-refractivity contribution >= 4 is 5.97 Å². The molecule has 0 aliphatic heterocycles. The number of esters is 1. The van der Waals surface area contributed by atoms with Crippen molar-refractivity contribution in [2.24, 2.45) is 50.7 Å². The van der Waals surface area contributed by atoms with E-state index in [0.717, 1.165) is 18.3 Å². The number of carbonyl (C=O) groups excluding carboxylic acids is 1. The van der Waals surface area contributed by atoms with Gasteiger partial charge in [0, 0.05) is 12.3 Å². The molecule has 33 heavy (non-hydrogen) atoms. The van der Waals surface area contributed by atoms with Crippen molar-refractivity contribution in [2.45, 2.75) is 126 Å². The van der Waals surface area contributed by atoms with E-state index in [1.165, 1.54) is 51.4 Å². The van der Waals surface area contributed by atoms with Gasteiger partial charge in [-0.05, 0) is 103 Å². The van der Waals surface area contributed by atoms with Crippen molar-refractivity contribution < 1.29 is 9.53 Å². The average Bonchev–Trinajstić information content (AvgIpc) is 3.13. The van der Waals surface area contributed by atoms with Crippen molar-refractivity contribution in [3.8, 4) is 0 Å². The molecule has 0 spiro atoms. The fourth-order valence-corrected chi connectivity index (χ4v) is 11.4. The molecule has 0 heterocycles. The van der Waals surface area contributed by atoms with Gasteiger partial charge in [0.05, 0.1) is 0 Å². The number of carbonyl (C=O) groups is 1. The number of allylic oxidation sites excluding steroid dienone is 2. The Bertz CT molecular complexity index is 881. The lowest BCUT2D eigenvalue weighted by molar-refractivity contribution is -0.229. The first-order chi connectivity index (χ1) is 15.2. The summed E-state index contributed by atoms with van der Waals surface area (Å²) >= 11 is 0. The highest BCUT2D eigenvalue weighted by atomic mass is 16.5. The van der Waals surface area contributed by atoms with E-state index in [-0.39, 0.29) is 17.5 Å². The molecule has 4 saturated carbocycles. The molecule has 5 aliphatic carbocycles. The van der Waals surface area contributed by atoms with Crippen LogP contribution in [0.4, 0.5) is 0 Å². The predicted molar refractivity (Wildman–Crippen MR) is 136 cm³/mol. The van der Waals surface area contributed by atoms with E-state index in [4.69, 9.17) is 4.74 Å². The first-order valence-corrected chi connectivity index (χ1v) is 14.1. The van der Waals surface area contributed by atoms with Gasteiger partial charge in [-0.2, -0.15) is 0 Å². The van der Waals surface area contributed by atoms with Crippen LogP contribution < -0.4 is 0 Å². The molecule has 0 aromatic carbocycles. The van der Waals surface area contributed by atoms with Crippen molar-refractivity contribution in [3.05, 3.63) is 11.1 Å². The van der Waals surface area contributed by atoms with E-state index >= 15 is 0 Å². The third-order valence-electron chi connectivity index (χ3n) is 13.1. The van der Waals surface area contributed by atoms with Gasteiger partial charge in [-0.1, -0.05) is 66.5 Å². The number of fused-ring (bicyclic) bond motifs is 7. The summed E-state index contributed by atoms with van der Waals surface area (Å²) in [4.78, 5) is 11.9. The summed E-state index contributed by atoms with van der Waals surface area (Å²) < 4.78 is 5.90. The fraction of sp³-hybridized carbons (Fsp3) is 0.903. The third-order valence-corrected chi connectivity index (χ3v) is 13.1. The molecular formula is C31H50O2. The van der Waals surface area contributed by atoms with Crippen molar-refractivity contribution in [2.75, 3.05) is 0 Å². The Kier molecular flexibility index (Phi) is 5.17. The highest BCUT2D eigenvalue weighted by Crippen LogP contribution is 2.79. The number of hydrogen-bond donors (Lipinski definition) is 0. The Hall–Kier alpha value is -0.790. The molecular weight excluding hydrogens is 404 g/mol. The number of rotatable bonds is 2. The van der Waals surface area contributed by atoms with Crippen LogP contribution in [0.5, 0.6) is 0 Å². The summed E-state index contributed by atoms with van der Waals surface area (Å²) in [6, 6.07) is 0. The standard InChI is InChI=1S/C31H50O2/c1-19(2)21-12-15-28(6)22(21)18-31(9)24(28)10-11-25-29(7)16-14-26(33-20(3)32)27(4,5)23(29)13-17-30(25,31)8/h19,23-26H,10-18H2,1-9H3. The summed E-state index contributed by atoms with van der Waals surface area (Å²) in [5.41, 5.74) is 5.40. The summed E-state index contributed by atoms with van der Waals surface area (Å²) in [6.45, 7) is 22.0. The summed E-state index contributed by atoms with van der Waals surface area (Å²) in [7, 11) is 0. The van der Waals surface area contributed by atoms with E-state index in [1.54, 1.807) is 6.92 Å². The van der Waals surface area contributed by atoms with E-state index < -0.39 is 0 Å². The fourth-order valence-electron chi connectivity index (χ4n) is 11.4. The molecule has 8 atom stereocenters.